The number of hydrogen-bond acceptors (Lipinski definition) is 2. The molecule has 0 radical (unpaired) electrons. The lowest BCUT2D eigenvalue weighted by Gasteiger charge is -1.95. The highest BCUT2D eigenvalue weighted by Gasteiger charge is 2.03. The van der Waals surface area contributed by atoms with E-state index in [1.54, 1.807) is 12.3 Å². The van der Waals surface area contributed by atoms with Gasteiger partial charge < -0.3 is 5.11 Å². The molecular formula is C10H9FN2O2. The fourth-order valence-electron chi connectivity index (χ4n) is 1.37. The second-order valence-electron chi connectivity index (χ2n) is 3.24. The second-order valence-corrected chi connectivity index (χ2v) is 3.24. The first-order valence-corrected chi connectivity index (χ1v) is 4.50. The summed E-state index contributed by atoms with van der Waals surface area (Å²) in [5.74, 6) is -1.22. The molecule has 1 N–H and O–H groups in total. The maximum absolute atomic E-state index is 12.8. The van der Waals surface area contributed by atoms with Gasteiger partial charge in [0, 0.05) is 17.6 Å². The Kier molecular flexibility index (Phi) is 2.37. The first kappa shape index (κ1) is 9.64. The topological polar surface area (TPSA) is 55.1 Å². The van der Waals surface area contributed by atoms with Crippen LogP contribution >= 0.6 is 0 Å². The molecule has 0 aliphatic rings. The SMILES string of the molecule is O=C(O)CCn1cc2ccc(F)cc2n1. The van der Waals surface area contributed by atoms with Crippen LogP contribution in [0.2, 0.25) is 0 Å². The summed E-state index contributed by atoms with van der Waals surface area (Å²) in [6.45, 7) is 0.297. The molecule has 15 heavy (non-hydrogen) atoms. The summed E-state index contributed by atoms with van der Waals surface area (Å²) >= 11 is 0. The Bertz CT molecular complexity index is 507. The number of fused-ring (bicyclic) bond motifs is 1. The quantitative estimate of drug-likeness (QED) is 0.834. The predicted molar refractivity (Wildman–Crippen MR) is 51.9 cm³/mol. The third kappa shape index (κ3) is 2.12. The van der Waals surface area contributed by atoms with Crippen molar-refractivity contribution in [1.82, 2.24) is 9.78 Å². The van der Waals surface area contributed by atoms with Crippen LogP contribution < -0.4 is 0 Å². The van der Waals surface area contributed by atoms with Crippen molar-refractivity contribution in [2.45, 2.75) is 13.0 Å². The standard InChI is InChI=1S/C10H9FN2O2/c11-8-2-1-7-6-13(4-3-10(14)15)12-9(7)5-8/h1-2,5-6H,3-4H2,(H,14,15). The Morgan fingerprint density at radius 1 is 1.53 bits per heavy atom. The van der Waals surface area contributed by atoms with E-state index >= 15 is 0 Å². The minimum absolute atomic E-state index is 0.0104. The van der Waals surface area contributed by atoms with Crippen LogP contribution in [0.5, 0.6) is 0 Å². The Morgan fingerprint density at radius 2 is 2.33 bits per heavy atom. The highest BCUT2D eigenvalue weighted by Crippen LogP contribution is 2.13. The van der Waals surface area contributed by atoms with E-state index < -0.39 is 5.97 Å². The molecule has 0 atom stereocenters. The number of carboxylic acid groups (broad SMARTS) is 1. The number of rotatable bonds is 3. The van der Waals surface area contributed by atoms with Crippen molar-refractivity contribution in [3.05, 3.63) is 30.2 Å². The van der Waals surface area contributed by atoms with Crippen molar-refractivity contribution < 1.29 is 14.3 Å². The van der Waals surface area contributed by atoms with Crippen LogP contribution in [0.25, 0.3) is 10.9 Å². The Morgan fingerprint density at radius 3 is 3.07 bits per heavy atom. The van der Waals surface area contributed by atoms with E-state index in [0.717, 1.165) is 5.39 Å². The minimum Gasteiger partial charge on any atom is -0.481 e. The third-order valence-electron chi connectivity index (χ3n) is 2.07. The second kappa shape index (κ2) is 3.68. The Labute approximate surface area is 84.9 Å². The number of aryl methyl sites for hydroxylation is 1. The van der Waals surface area contributed by atoms with E-state index in [-0.39, 0.29) is 12.2 Å². The number of aliphatic carboxylic acids is 1. The summed E-state index contributed by atoms with van der Waals surface area (Å²) < 4.78 is 14.3. The molecule has 1 heterocycles. The molecule has 2 aromatic rings. The maximum atomic E-state index is 12.8. The first-order chi connectivity index (χ1) is 7.15. The monoisotopic (exact) mass is 208 g/mol. The van der Waals surface area contributed by atoms with E-state index in [1.807, 2.05) is 0 Å². The van der Waals surface area contributed by atoms with Crippen molar-refractivity contribution in [2.24, 2.45) is 0 Å². The van der Waals surface area contributed by atoms with Crippen molar-refractivity contribution in [1.29, 1.82) is 0 Å². The average Bonchev–Trinajstić information content (AvgIpc) is 2.56. The number of aromatic nitrogens is 2. The lowest BCUT2D eigenvalue weighted by atomic mass is 10.2. The lowest BCUT2D eigenvalue weighted by molar-refractivity contribution is -0.137. The summed E-state index contributed by atoms with van der Waals surface area (Å²) in [6, 6.07) is 4.30. The lowest BCUT2D eigenvalue weighted by Crippen LogP contribution is -2.04. The summed E-state index contributed by atoms with van der Waals surface area (Å²) in [4.78, 5) is 10.3. The van der Waals surface area contributed by atoms with Gasteiger partial charge in [-0.1, -0.05) is 0 Å². The first-order valence-electron chi connectivity index (χ1n) is 4.50. The van der Waals surface area contributed by atoms with Crippen molar-refractivity contribution >= 4 is 16.9 Å². The molecule has 0 unspecified atom stereocenters. The molecule has 0 aliphatic heterocycles. The highest BCUT2D eigenvalue weighted by molar-refractivity contribution is 5.77. The number of nitrogens with zero attached hydrogens (tertiary/aromatic N) is 2. The summed E-state index contributed by atoms with van der Waals surface area (Å²) in [5, 5.41) is 13.4. The minimum atomic E-state index is -0.874. The van der Waals surface area contributed by atoms with E-state index in [0.29, 0.717) is 12.1 Å². The van der Waals surface area contributed by atoms with Gasteiger partial charge in [-0.25, -0.2) is 4.39 Å². The van der Waals surface area contributed by atoms with Crippen LogP contribution in [0.3, 0.4) is 0 Å². The van der Waals surface area contributed by atoms with Crippen LogP contribution in [0, 0.1) is 5.82 Å². The molecule has 4 nitrogen and oxygen atoms in total. The molecule has 0 saturated carbocycles. The van der Waals surface area contributed by atoms with Gasteiger partial charge in [-0.05, 0) is 12.1 Å². The van der Waals surface area contributed by atoms with Crippen LogP contribution in [-0.2, 0) is 11.3 Å². The molecule has 5 heteroatoms. The van der Waals surface area contributed by atoms with Gasteiger partial charge in [0.1, 0.15) is 5.82 Å². The van der Waals surface area contributed by atoms with Crippen LogP contribution in [0.15, 0.2) is 24.4 Å². The Balaban J connectivity index is 2.27. The highest BCUT2D eigenvalue weighted by atomic mass is 19.1. The van der Waals surface area contributed by atoms with Crippen LogP contribution in [0.4, 0.5) is 4.39 Å². The van der Waals surface area contributed by atoms with Gasteiger partial charge >= 0.3 is 5.97 Å². The average molecular weight is 208 g/mol. The summed E-state index contributed by atoms with van der Waals surface area (Å²) in [6.07, 6.45) is 1.72. The van der Waals surface area contributed by atoms with Crippen molar-refractivity contribution in [3.8, 4) is 0 Å². The zero-order chi connectivity index (χ0) is 10.8. The molecule has 0 spiro atoms. The van der Waals surface area contributed by atoms with Gasteiger partial charge in [0.15, 0.2) is 0 Å². The summed E-state index contributed by atoms with van der Waals surface area (Å²) in [5.41, 5.74) is 0.542. The zero-order valence-corrected chi connectivity index (χ0v) is 7.85. The molecule has 0 fully saturated rings. The molecular weight excluding hydrogens is 199 g/mol. The van der Waals surface area contributed by atoms with E-state index in [2.05, 4.69) is 5.10 Å². The molecule has 1 aromatic carbocycles. The number of halogens is 1. The molecule has 2 rings (SSSR count). The van der Waals surface area contributed by atoms with Gasteiger partial charge in [0.05, 0.1) is 18.5 Å². The van der Waals surface area contributed by atoms with Gasteiger partial charge in [-0.3, -0.25) is 9.48 Å². The number of benzene rings is 1. The van der Waals surface area contributed by atoms with Gasteiger partial charge in [0.25, 0.3) is 0 Å². The zero-order valence-electron chi connectivity index (χ0n) is 7.85. The fraction of sp³-hybridized carbons (Fsp3) is 0.200. The van der Waals surface area contributed by atoms with Gasteiger partial charge in [-0.15, -0.1) is 0 Å². The smallest absolute Gasteiger partial charge is 0.305 e. The number of carbonyl (C=O) groups is 1. The third-order valence-corrected chi connectivity index (χ3v) is 2.07. The van der Waals surface area contributed by atoms with E-state index in [1.165, 1.54) is 16.8 Å². The Hall–Kier alpha value is -1.91. The predicted octanol–water partition coefficient (Wildman–Crippen LogP) is 1.65. The molecule has 0 aliphatic carbocycles. The number of hydrogen-bond donors (Lipinski definition) is 1. The molecule has 0 bridgehead atoms. The number of carboxylic acids is 1. The molecule has 0 amide bonds. The maximum Gasteiger partial charge on any atom is 0.305 e. The normalized spacial score (nSPS) is 10.7. The van der Waals surface area contributed by atoms with Gasteiger partial charge in [0.2, 0.25) is 0 Å². The van der Waals surface area contributed by atoms with Gasteiger partial charge in [-0.2, -0.15) is 5.10 Å². The van der Waals surface area contributed by atoms with E-state index in [9.17, 15) is 9.18 Å². The van der Waals surface area contributed by atoms with E-state index in [4.69, 9.17) is 5.11 Å². The fourth-order valence-corrected chi connectivity index (χ4v) is 1.37. The largest absolute Gasteiger partial charge is 0.481 e. The molecule has 78 valence electrons. The summed E-state index contributed by atoms with van der Waals surface area (Å²) in [7, 11) is 0. The van der Waals surface area contributed by atoms with Crippen LogP contribution in [-0.4, -0.2) is 20.9 Å². The van der Waals surface area contributed by atoms with Crippen LogP contribution in [0.1, 0.15) is 6.42 Å². The molecule has 1 aromatic heterocycles. The van der Waals surface area contributed by atoms with Crippen molar-refractivity contribution in [2.75, 3.05) is 0 Å². The molecule has 0 saturated heterocycles. The van der Waals surface area contributed by atoms with Crippen molar-refractivity contribution in [3.63, 3.8) is 0 Å².